The van der Waals surface area contributed by atoms with Gasteiger partial charge in [0.25, 0.3) is 0 Å². The van der Waals surface area contributed by atoms with E-state index in [0.717, 1.165) is 4.88 Å². The first kappa shape index (κ1) is 18.5. The molecule has 2 N–H and O–H groups in total. The van der Waals surface area contributed by atoms with E-state index in [0.29, 0.717) is 6.54 Å². The van der Waals surface area contributed by atoms with Gasteiger partial charge < -0.3 is 15.4 Å². The SMILES string of the molecule is CC(C(=O)NCC(C)(C)NC(=O)OC(C)(C)C)c1cccs1. The van der Waals surface area contributed by atoms with Gasteiger partial charge >= 0.3 is 6.09 Å². The third-order valence-electron chi connectivity index (χ3n) is 2.91. The molecule has 0 aliphatic carbocycles. The van der Waals surface area contributed by atoms with Gasteiger partial charge in [-0.1, -0.05) is 6.07 Å². The number of carbonyl (C=O) groups excluding carboxylic acids is 2. The summed E-state index contributed by atoms with van der Waals surface area (Å²) in [5.74, 6) is -0.251. The minimum atomic E-state index is -0.590. The summed E-state index contributed by atoms with van der Waals surface area (Å²) in [4.78, 5) is 25.0. The molecule has 1 heterocycles. The van der Waals surface area contributed by atoms with Crippen molar-refractivity contribution in [2.24, 2.45) is 0 Å². The maximum atomic E-state index is 12.2. The first-order chi connectivity index (χ1) is 10.0. The Morgan fingerprint density at radius 1 is 1.27 bits per heavy atom. The Bertz CT molecular complexity index is 504. The second kappa shape index (κ2) is 7.13. The fourth-order valence-electron chi connectivity index (χ4n) is 1.75. The molecular formula is C16H26N2O3S. The fraction of sp³-hybridized carbons (Fsp3) is 0.625. The molecule has 1 atom stereocenters. The zero-order valence-corrected chi connectivity index (χ0v) is 15.0. The Morgan fingerprint density at radius 2 is 1.91 bits per heavy atom. The normalized spacial score (nSPS) is 13.4. The van der Waals surface area contributed by atoms with Gasteiger partial charge in [0, 0.05) is 11.4 Å². The Morgan fingerprint density at radius 3 is 2.41 bits per heavy atom. The van der Waals surface area contributed by atoms with Crippen LogP contribution < -0.4 is 10.6 Å². The van der Waals surface area contributed by atoms with E-state index in [2.05, 4.69) is 10.6 Å². The van der Waals surface area contributed by atoms with Crippen LogP contribution in [0.5, 0.6) is 0 Å². The van der Waals surface area contributed by atoms with Gasteiger partial charge in [0.15, 0.2) is 0 Å². The van der Waals surface area contributed by atoms with Crippen molar-refractivity contribution >= 4 is 23.3 Å². The van der Waals surface area contributed by atoms with Crippen LogP contribution in [0, 0.1) is 0 Å². The van der Waals surface area contributed by atoms with E-state index in [9.17, 15) is 9.59 Å². The monoisotopic (exact) mass is 326 g/mol. The number of nitrogens with one attached hydrogen (secondary N) is 2. The maximum Gasteiger partial charge on any atom is 0.408 e. The molecule has 0 radical (unpaired) electrons. The van der Waals surface area contributed by atoms with Crippen LogP contribution in [-0.2, 0) is 9.53 Å². The maximum absolute atomic E-state index is 12.2. The molecule has 1 aromatic heterocycles. The van der Waals surface area contributed by atoms with Crippen LogP contribution in [-0.4, -0.2) is 29.7 Å². The summed E-state index contributed by atoms with van der Waals surface area (Å²) < 4.78 is 5.23. The summed E-state index contributed by atoms with van der Waals surface area (Å²) in [5, 5.41) is 7.60. The quantitative estimate of drug-likeness (QED) is 0.872. The summed E-state index contributed by atoms with van der Waals surface area (Å²) in [7, 11) is 0. The standard InChI is InChI=1S/C16H26N2O3S/c1-11(12-8-7-9-22-12)13(19)17-10-16(5,6)18-14(20)21-15(2,3)4/h7-9,11H,10H2,1-6H3,(H,17,19)(H,18,20). The van der Waals surface area contributed by atoms with Crippen LogP contribution in [0.25, 0.3) is 0 Å². The summed E-state index contributed by atoms with van der Waals surface area (Å²) >= 11 is 1.56. The lowest BCUT2D eigenvalue weighted by molar-refractivity contribution is -0.122. The Kier molecular flexibility index (Phi) is 6.00. The van der Waals surface area contributed by atoms with Gasteiger partial charge in [-0.25, -0.2) is 4.79 Å². The molecule has 5 nitrogen and oxygen atoms in total. The molecule has 0 aliphatic rings. The number of thiophene rings is 1. The van der Waals surface area contributed by atoms with Gasteiger partial charge in [-0.3, -0.25) is 4.79 Å². The lowest BCUT2D eigenvalue weighted by Gasteiger charge is -2.29. The molecule has 0 fully saturated rings. The van der Waals surface area contributed by atoms with Crippen LogP contribution in [0.2, 0.25) is 0 Å². The average molecular weight is 326 g/mol. The molecule has 0 aliphatic heterocycles. The van der Waals surface area contributed by atoms with E-state index < -0.39 is 17.2 Å². The molecule has 1 aromatic rings. The Labute approximate surface area is 136 Å². The van der Waals surface area contributed by atoms with Crippen molar-refractivity contribution in [2.75, 3.05) is 6.54 Å². The molecule has 6 heteroatoms. The predicted molar refractivity (Wildman–Crippen MR) is 89.2 cm³/mol. The van der Waals surface area contributed by atoms with Crippen molar-refractivity contribution in [3.8, 4) is 0 Å². The molecule has 0 saturated heterocycles. The molecular weight excluding hydrogens is 300 g/mol. The van der Waals surface area contributed by atoms with Crippen molar-refractivity contribution in [1.29, 1.82) is 0 Å². The molecule has 22 heavy (non-hydrogen) atoms. The molecule has 0 aromatic carbocycles. The molecule has 0 saturated carbocycles. The van der Waals surface area contributed by atoms with E-state index in [-0.39, 0.29) is 11.8 Å². The van der Waals surface area contributed by atoms with Crippen molar-refractivity contribution in [1.82, 2.24) is 10.6 Å². The van der Waals surface area contributed by atoms with Crippen LogP contribution in [0.4, 0.5) is 4.79 Å². The molecule has 1 rings (SSSR count). The fourth-order valence-corrected chi connectivity index (χ4v) is 2.53. The van der Waals surface area contributed by atoms with Gasteiger partial charge in [-0.2, -0.15) is 0 Å². The lowest BCUT2D eigenvalue weighted by Crippen LogP contribution is -2.52. The summed E-state index contributed by atoms with van der Waals surface area (Å²) in [6, 6.07) is 3.87. The van der Waals surface area contributed by atoms with E-state index >= 15 is 0 Å². The lowest BCUT2D eigenvalue weighted by atomic mass is 10.0. The highest BCUT2D eigenvalue weighted by molar-refractivity contribution is 7.10. The van der Waals surface area contributed by atoms with Crippen LogP contribution in [0.3, 0.4) is 0 Å². The van der Waals surface area contributed by atoms with E-state index in [4.69, 9.17) is 4.74 Å². The Hall–Kier alpha value is -1.56. The highest BCUT2D eigenvalue weighted by Gasteiger charge is 2.26. The summed E-state index contributed by atoms with van der Waals surface area (Å²) in [6.45, 7) is 11.3. The zero-order valence-electron chi connectivity index (χ0n) is 14.1. The smallest absolute Gasteiger partial charge is 0.408 e. The molecule has 2 amide bonds. The second-order valence-corrected chi connectivity index (χ2v) is 7.94. The molecule has 0 spiro atoms. The summed E-state index contributed by atoms with van der Waals surface area (Å²) in [6.07, 6.45) is -0.488. The number of amides is 2. The van der Waals surface area contributed by atoms with Crippen molar-refractivity contribution in [2.45, 2.75) is 58.6 Å². The van der Waals surface area contributed by atoms with E-state index in [1.54, 1.807) is 11.3 Å². The minimum Gasteiger partial charge on any atom is -0.444 e. The molecule has 124 valence electrons. The highest BCUT2D eigenvalue weighted by atomic mass is 32.1. The van der Waals surface area contributed by atoms with Crippen LogP contribution >= 0.6 is 11.3 Å². The third kappa shape index (κ3) is 6.47. The van der Waals surface area contributed by atoms with Crippen molar-refractivity contribution < 1.29 is 14.3 Å². The van der Waals surface area contributed by atoms with Gasteiger partial charge in [0.2, 0.25) is 5.91 Å². The van der Waals surface area contributed by atoms with Crippen molar-refractivity contribution in [3.05, 3.63) is 22.4 Å². The predicted octanol–water partition coefficient (Wildman–Crippen LogP) is 3.27. The van der Waals surface area contributed by atoms with Gasteiger partial charge in [0.05, 0.1) is 11.5 Å². The second-order valence-electron chi connectivity index (χ2n) is 6.97. The van der Waals surface area contributed by atoms with E-state index in [1.807, 2.05) is 59.1 Å². The van der Waals surface area contributed by atoms with Gasteiger partial charge in [0.1, 0.15) is 5.60 Å². The molecule has 0 bridgehead atoms. The first-order valence-corrected chi connectivity index (χ1v) is 8.20. The molecule has 1 unspecified atom stereocenters. The number of ether oxygens (including phenoxy) is 1. The third-order valence-corrected chi connectivity index (χ3v) is 3.96. The minimum absolute atomic E-state index is 0.0542. The number of rotatable bonds is 5. The Balaban J connectivity index is 2.48. The zero-order chi connectivity index (χ0) is 17.0. The first-order valence-electron chi connectivity index (χ1n) is 7.32. The number of hydrogen-bond acceptors (Lipinski definition) is 4. The topological polar surface area (TPSA) is 67.4 Å². The van der Waals surface area contributed by atoms with Gasteiger partial charge in [-0.15, -0.1) is 11.3 Å². The average Bonchev–Trinajstić information content (AvgIpc) is 2.85. The number of alkyl carbamates (subject to hydrolysis) is 1. The van der Waals surface area contributed by atoms with Crippen molar-refractivity contribution in [3.63, 3.8) is 0 Å². The number of carbonyl (C=O) groups is 2. The van der Waals surface area contributed by atoms with Crippen LogP contribution in [0.1, 0.15) is 52.3 Å². The van der Waals surface area contributed by atoms with E-state index in [1.165, 1.54) is 0 Å². The van der Waals surface area contributed by atoms with Gasteiger partial charge in [-0.05, 0) is 53.0 Å². The largest absolute Gasteiger partial charge is 0.444 e. The summed E-state index contributed by atoms with van der Waals surface area (Å²) in [5.41, 5.74) is -1.13. The van der Waals surface area contributed by atoms with Crippen LogP contribution in [0.15, 0.2) is 17.5 Å². The highest BCUT2D eigenvalue weighted by Crippen LogP contribution is 2.20. The number of hydrogen-bond donors (Lipinski definition) is 2.